The second kappa shape index (κ2) is 58.7. The van der Waals surface area contributed by atoms with Gasteiger partial charge in [0.05, 0.1) is 0 Å². The minimum atomic E-state index is -0.775. The van der Waals surface area contributed by atoms with Crippen LogP contribution in [-0.2, 0) is 28.6 Å². The molecule has 0 aliphatic rings. The van der Waals surface area contributed by atoms with Gasteiger partial charge in [0.1, 0.15) is 13.2 Å². The van der Waals surface area contributed by atoms with Crippen molar-refractivity contribution in [3.63, 3.8) is 0 Å². The van der Waals surface area contributed by atoms with E-state index in [1.54, 1.807) is 0 Å². The van der Waals surface area contributed by atoms with Crippen molar-refractivity contribution < 1.29 is 28.6 Å². The first-order valence-corrected chi connectivity index (χ1v) is 30.3. The van der Waals surface area contributed by atoms with Crippen molar-refractivity contribution in [1.82, 2.24) is 0 Å². The van der Waals surface area contributed by atoms with E-state index in [4.69, 9.17) is 14.2 Å². The van der Waals surface area contributed by atoms with Gasteiger partial charge in [-0.3, -0.25) is 14.4 Å². The Hall–Kier alpha value is -2.89. The van der Waals surface area contributed by atoms with Gasteiger partial charge < -0.3 is 14.2 Å². The number of esters is 3. The highest BCUT2D eigenvalue weighted by Crippen LogP contribution is 2.17. The topological polar surface area (TPSA) is 78.9 Å². The van der Waals surface area contributed by atoms with Gasteiger partial charge in [0, 0.05) is 19.3 Å². The van der Waals surface area contributed by atoms with Crippen LogP contribution in [0.15, 0.2) is 60.8 Å². The maximum atomic E-state index is 12.9. The zero-order valence-corrected chi connectivity index (χ0v) is 46.5. The average Bonchev–Trinajstić information content (AvgIpc) is 3.36. The second-order valence-corrected chi connectivity index (χ2v) is 20.2. The van der Waals surface area contributed by atoms with Crippen LogP contribution in [0.4, 0.5) is 0 Å². The molecule has 6 heteroatoms. The summed E-state index contributed by atoms with van der Waals surface area (Å²) in [6.45, 7) is 6.54. The van der Waals surface area contributed by atoms with Crippen LogP contribution in [0.3, 0.4) is 0 Å². The standard InChI is InChI=1S/C64H114O6/c1-4-7-10-13-16-19-22-24-26-28-30-31-32-33-35-36-38-40-42-45-48-51-54-57-63(66)69-60-61(59-68-62(65)56-53-50-47-44-21-18-15-12-9-6-3)70-64(67)58-55-52-49-46-43-41-39-37-34-29-27-25-23-20-17-14-11-8-5-2/h7,10,16,19,24,26,30-31,33,35,61H,4-6,8-9,11-15,17-18,20-23,25,27-29,32,34,36-60H2,1-3H3/b10-7-,19-16-,26-24-,31-30-,35-33-. The highest BCUT2D eigenvalue weighted by Gasteiger charge is 2.19. The lowest BCUT2D eigenvalue weighted by atomic mass is 10.0. The van der Waals surface area contributed by atoms with Gasteiger partial charge in [0.15, 0.2) is 6.10 Å². The summed E-state index contributed by atoms with van der Waals surface area (Å²) in [7, 11) is 0. The Bertz CT molecular complexity index is 1260. The van der Waals surface area contributed by atoms with E-state index in [9.17, 15) is 14.4 Å². The van der Waals surface area contributed by atoms with E-state index in [1.165, 1.54) is 173 Å². The van der Waals surface area contributed by atoms with Crippen molar-refractivity contribution >= 4 is 17.9 Å². The van der Waals surface area contributed by atoms with E-state index in [2.05, 4.69) is 81.5 Å². The Morgan fingerprint density at radius 1 is 0.300 bits per heavy atom. The third-order valence-corrected chi connectivity index (χ3v) is 13.3. The summed E-state index contributed by atoms with van der Waals surface area (Å²) in [5, 5.41) is 0. The minimum Gasteiger partial charge on any atom is -0.462 e. The van der Waals surface area contributed by atoms with Gasteiger partial charge in [-0.05, 0) is 64.2 Å². The number of hydrogen-bond acceptors (Lipinski definition) is 6. The number of unbranched alkanes of at least 4 members (excludes halogenated alkanes) is 34. The van der Waals surface area contributed by atoms with Crippen molar-refractivity contribution in [3.8, 4) is 0 Å². The van der Waals surface area contributed by atoms with Gasteiger partial charge >= 0.3 is 17.9 Å². The average molecular weight is 980 g/mol. The largest absolute Gasteiger partial charge is 0.462 e. The van der Waals surface area contributed by atoms with Crippen molar-refractivity contribution in [3.05, 3.63) is 60.8 Å². The minimum absolute atomic E-state index is 0.0735. The van der Waals surface area contributed by atoms with Crippen LogP contribution >= 0.6 is 0 Å². The molecule has 0 radical (unpaired) electrons. The van der Waals surface area contributed by atoms with E-state index in [0.717, 1.165) is 96.3 Å². The molecule has 0 rings (SSSR count). The molecule has 0 aliphatic heterocycles. The molecule has 0 heterocycles. The first-order chi connectivity index (χ1) is 34.5. The Labute approximate surface area is 434 Å². The fraction of sp³-hybridized carbons (Fsp3) is 0.797. The highest BCUT2D eigenvalue weighted by atomic mass is 16.6. The summed E-state index contributed by atoms with van der Waals surface area (Å²) in [6, 6.07) is 0. The third kappa shape index (κ3) is 56.0. The fourth-order valence-corrected chi connectivity index (χ4v) is 8.77. The van der Waals surface area contributed by atoms with Gasteiger partial charge in [0.25, 0.3) is 0 Å². The van der Waals surface area contributed by atoms with Crippen LogP contribution < -0.4 is 0 Å². The van der Waals surface area contributed by atoms with E-state index in [0.29, 0.717) is 19.3 Å². The molecule has 0 aromatic carbocycles. The van der Waals surface area contributed by atoms with Crippen LogP contribution in [-0.4, -0.2) is 37.2 Å². The zero-order valence-electron chi connectivity index (χ0n) is 46.5. The Balaban J connectivity index is 4.28. The Kier molecular flexibility index (Phi) is 56.3. The predicted molar refractivity (Wildman–Crippen MR) is 302 cm³/mol. The molecule has 1 atom stereocenters. The molecule has 406 valence electrons. The molecule has 0 amide bonds. The number of hydrogen-bond donors (Lipinski definition) is 0. The summed E-state index contributed by atoms with van der Waals surface area (Å²) >= 11 is 0. The fourth-order valence-electron chi connectivity index (χ4n) is 8.77. The molecular weight excluding hydrogens is 865 g/mol. The number of rotatable bonds is 55. The van der Waals surface area contributed by atoms with Gasteiger partial charge in [-0.25, -0.2) is 0 Å². The lowest BCUT2D eigenvalue weighted by molar-refractivity contribution is -0.167. The molecule has 0 N–H and O–H groups in total. The van der Waals surface area contributed by atoms with Crippen LogP contribution in [0.1, 0.15) is 310 Å². The molecule has 0 fully saturated rings. The van der Waals surface area contributed by atoms with E-state index in [1.807, 2.05) is 0 Å². The smallest absolute Gasteiger partial charge is 0.306 e. The molecule has 0 saturated heterocycles. The van der Waals surface area contributed by atoms with Crippen molar-refractivity contribution in [2.24, 2.45) is 0 Å². The SMILES string of the molecule is CC/C=C\C/C=C\C/C=C\C/C=C\C/C=C\CCCCCCCCCC(=O)OCC(COC(=O)CCCCCCCCCCCC)OC(=O)CCCCCCCCCCCCCCCCCCCCC. The lowest BCUT2D eigenvalue weighted by Gasteiger charge is -2.18. The van der Waals surface area contributed by atoms with Gasteiger partial charge in [-0.15, -0.1) is 0 Å². The zero-order chi connectivity index (χ0) is 50.7. The van der Waals surface area contributed by atoms with Crippen LogP contribution in [0.25, 0.3) is 0 Å². The van der Waals surface area contributed by atoms with Gasteiger partial charge in [0.2, 0.25) is 0 Å². The molecule has 0 bridgehead atoms. The molecule has 70 heavy (non-hydrogen) atoms. The molecule has 6 nitrogen and oxygen atoms in total. The monoisotopic (exact) mass is 979 g/mol. The number of ether oxygens (including phenoxy) is 3. The number of carbonyl (C=O) groups is 3. The molecule has 0 spiro atoms. The van der Waals surface area contributed by atoms with Crippen LogP contribution in [0.5, 0.6) is 0 Å². The Morgan fingerprint density at radius 2 is 0.557 bits per heavy atom. The quantitative estimate of drug-likeness (QED) is 0.0261. The van der Waals surface area contributed by atoms with E-state index in [-0.39, 0.29) is 31.1 Å². The summed E-state index contributed by atoms with van der Waals surface area (Å²) < 4.78 is 16.9. The summed E-state index contributed by atoms with van der Waals surface area (Å²) in [4.78, 5) is 38.2. The molecule has 1 unspecified atom stereocenters. The summed E-state index contributed by atoms with van der Waals surface area (Å²) in [5.41, 5.74) is 0. The van der Waals surface area contributed by atoms with Crippen LogP contribution in [0, 0.1) is 0 Å². The normalized spacial score (nSPS) is 12.4. The van der Waals surface area contributed by atoms with Crippen LogP contribution in [0.2, 0.25) is 0 Å². The summed E-state index contributed by atoms with van der Waals surface area (Å²) in [5.74, 6) is -0.870. The van der Waals surface area contributed by atoms with Gasteiger partial charge in [-0.2, -0.15) is 0 Å². The second-order valence-electron chi connectivity index (χ2n) is 20.2. The van der Waals surface area contributed by atoms with Crippen molar-refractivity contribution in [2.75, 3.05) is 13.2 Å². The first-order valence-electron chi connectivity index (χ1n) is 30.3. The number of allylic oxidation sites excluding steroid dienone is 10. The third-order valence-electron chi connectivity index (χ3n) is 13.3. The summed E-state index contributed by atoms with van der Waals surface area (Å²) in [6.07, 6.45) is 73.6. The van der Waals surface area contributed by atoms with E-state index < -0.39 is 6.10 Å². The number of carbonyl (C=O) groups excluding carboxylic acids is 3. The Morgan fingerprint density at radius 3 is 0.871 bits per heavy atom. The molecular formula is C64H114O6. The van der Waals surface area contributed by atoms with Crippen molar-refractivity contribution in [2.45, 2.75) is 316 Å². The van der Waals surface area contributed by atoms with Gasteiger partial charge in [-0.1, -0.05) is 287 Å². The molecule has 0 aromatic rings. The van der Waals surface area contributed by atoms with Crippen molar-refractivity contribution in [1.29, 1.82) is 0 Å². The van der Waals surface area contributed by atoms with E-state index >= 15 is 0 Å². The highest BCUT2D eigenvalue weighted by molar-refractivity contribution is 5.71. The first kappa shape index (κ1) is 67.1. The maximum absolute atomic E-state index is 12.9. The molecule has 0 aliphatic carbocycles. The lowest BCUT2D eigenvalue weighted by Crippen LogP contribution is -2.30. The molecule has 0 aromatic heterocycles. The maximum Gasteiger partial charge on any atom is 0.306 e. The predicted octanol–water partition coefficient (Wildman–Crippen LogP) is 20.4. The molecule has 0 saturated carbocycles.